The zero-order valence-electron chi connectivity index (χ0n) is 17.1. The molecule has 9 nitrogen and oxygen atoms in total. The van der Waals surface area contributed by atoms with Gasteiger partial charge >= 0.3 is 6.03 Å². The number of nitrogens with zero attached hydrogens (tertiary/aromatic N) is 5. The Kier molecular flexibility index (Phi) is 4.25. The molecule has 5 rings (SSSR count). The van der Waals surface area contributed by atoms with Crippen LogP contribution in [0.2, 0.25) is 0 Å². The monoisotopic (exact) mass is 415 g/mol. The highest BCUT2D eigenvalue weighted by atomic mass is 16.3. The molecule has 3 N–H and O–H groups in total. The summed E-state index contributed by atoms with van der Waals surface area (Å²) in [6.45, 7) is 0.288. The zero-order chi connectivity index (χ0) is 21.6. The number of phenolic OH excluding ortho intramolecular Hbond substituents is 1. The Morgan fingerprint density at radius 1 is 1.10 bits per heavy atom. The van der Waals surface area contributed by atoms with E-state index in [1.165, 1.54) is 6.34 Å². The smallest absolute Gasteiger partial charge is 0.324 e. The van der Waals surface area contributed by atoms with Gasteiger partial charge in [0.2, 0.25) is 0 Å². The molecule has 3 aromatic rings. The summed E-state index contributed by atoms with van der Waals surface area (Å²) >= 11 is 0. The molecule has 1 atom stereocenters. The summed E-state index contributed by atoms with van der Waals surface area (Å²) in [5, 5.41) is 12.7. The summed E-state index contributed by atoms with van der Waals surface area (Å²) < 4.78 is 0. The van der Waals surface area contributed by atoms with Gasteiger partial charge in [-0.05, 0) is 35.4 Å². The Morgan fingerprint density at radius 2 is 1.84 bits per heavy atom. The van der Waals surface area contributed by atoms with Crippen molar-refractivity contribution in [2.24, 2.45) is 9.98 Å². The van der Waals surface area contributed by atoms with Crippen LogP contribution in [-0.4, -0.2) is 52.3 Å². The summed E-state index contributed by atoms with van der Waals surface area (Å²) in [5.74, 6) is 1.21. The van der Waals surface area contributed by atoms with Gasteiger partial charge in [0.25, 0.3) is 0 Å². The van der Waals surface area contributed by atoms with Crippen LogP contribution in [0.5, 0.6) is 5.75 Å². The number of aromatic nitrogens is 2. The second-order valence-electron chi connectivity index (χ2n) is 7.67. The van der Waals surface area contributed by atoms with E-state index < -0.39 is 5.54 Å². The number of aromatic amines is 1. The predicted molar refractivity (Wildman–Crippen MR) is 118 cm³/mol. The standard InChI is InChI=1S/C22H21N7O2/c1-28(2)16-7-5-15(6-8-16)22-18-19(24-12-23-18)25-13-26-20(22)29(21(31)27-22)11-14-3-9-17(30)10-4-14/h3-10,12-13,30H,11H2,1-2H3,(H,23,24)(H,27,31). The van der Waals surface area contributed by atoms with Gasteiger partial charge in [0, 0.05) is 19.8 Å². The Bertz CT molecular complexity index is 1200. The van der Waals surface area contributed by atoms with Gasteiger partial charge < -0.3 is 20.3 Å². The van der Waals surface area contributed by atoms with Crippen molar-refractivity contribution in [1.82, 2.24) is 20.2 Å². The topological polar surface area (TPSA) is 109 Å². The lowest BCUT2D eigenvalue weighted by molar-refractivity contribution is 0.225. The van der Waals surface area contributed by atoms with Gasteiger partial charge in [-0.1, -0.05) is 24.3 Å². The molecule has 0 saturated carbocycles. The van der Waals surface area contributed by atoms with E-state index in [2.05, 4.69) is 25.3 Å². The average molecular weight is 415 g/mol. The number of rotatable bonds is 4. The number of amides is 2. The second-order valence-corrected chi connectivity index (χ2v) is 7.67. The molecule has 2 amide bonds. The first-order valence-corrected chi connectivity index (χ1v) is 9.79. The summed E-state index contributed by atoms with van der Waals surface area (Å²) in [6, 6.07) is 14.4. The third-order valence-electron chi connectivity index (χ3n) is 5.57. The quantitative estimate of drug-likeness (QED) is 0.609. The normalized spacial score (nSPS) is 19.4. The van der Waals surface area contributed by atoms with E-state index >= 15 is 0 Å². The van der Waals surface area contributed by atoms with Crippen molar-refractivity contribution in [3.8, 4) is 5.75 Å². The molecule has 2 aliphatic rings. The van der Waals surface area contributed by atoms with Gasteiger partial charge in [-0.2, -0.15) is 0 Å². The van der Waals surface area contributed by atoms with E-state index in [1.807, 2.05) is 43.3 Å². The maximum absolute atomic E-state index is 13.2. The van der Waals surface area contributed by atoms with Crippen molar-refractivity contribution in [1.29, 1.82) is 0 Å². The summed E-state index contributed by atoms with van der Waals surface area (Å²) in [5.41, 5.74) is 2.23. The van der Waals surface area contributed by atoms with Gasteiger partial charge in [-0.3, -0.25) is 4.90 Å². The number of H-pyrrole nitrogens is 1. The van der Waals surface area contributed by atoms with Gasteiger partial charge in [0.1, 0.15) is 17.8 Å². The lowest BCUT2D eigenvalue weighted by atomic mass is 9.85. The minimum absolute atomic E-state index is 0.171. The molecule has 0 spiro atoms. The number of phenols is 1. The summed E-state index contributed by atoms with van der Waals surface area (Å²) in [7, 11) is 3.95. The van der Waals surface area contributed by atoms with Crippen LogP contribution in [0.3, 0.4) is 0 Å². The maximum atomic E-state index is 13.2. The number of amidine groups is 1. The molecule has 0 aliphatic carbocycles. The number of aliphatic imine (C=N–C) groups is 2. The van der Waals surface area contributed by atoms with Crippen molar-refractivity contribution in [3.05, 3.63) is 71.7 Å². The average Bonchev–Trinajstić information content (AvgIpc) is 3.30. The number of hydrogen-bond donors (Lipinski definition) is 3. The highest BCUT2D eigenvalue weighted by Crippen LogP contribution is 2.41. The lowest BCUT2D eigenvalue weighted by Crippen LogP contribution is -2.45. The van der Waals surface area contributed by atoms with Crippen LogP contribution >= 0.6 is 0 Å². The van der Waals surface area contributed by atoms with Crippen molar-refractivity contribution in [2.45, 2.75) is 12.1 Å². The first-order valence-electron chi connectivity index (χ1n) is 9.79. The molecule has 3 heterocycles. The fourth-order valence-electron chi connectivity index (χ4n) is 3.99. The van der Waals surface area contributed by atoms with Crippen LogP contribution in [0.1, 0.15) is 16.8 Å². The van der Waals surface area contributed by atoms with E-state index in [9.17, 15) is 9.90 Å². The third-order valence-corrected chi connectivity index (χ3v) is 5.57. The molecule has 1 unspecified atom stereocenters. The highest BCUT2D eigenvalue weighted by molar-refractivity contribution is 6.15. The molecular formula is C22H21N7O2. The number of fused-ring (bicyclic) bond motifs is 3. The molecule has 31 heavy (non-hydrogen) atoms. The van der Waals surface area contributed by atoms with Gasteiger partial charge in [0.15, 0.2) is 17.2 Å². The number of aromatic hydroxyl groups is 1. The van der Waals surface area contributed by atoms with Crippen LogP contribution in [0.4, 0.5) is 16.3 Å². The van der Waals surface area contributed by atoms with Gasteiger partial charge in [-0.15, -0.1) is 0 Å². The largest absolute Gasteiger partial charge is 0.508 e. The van der Waals surface area contributed by atoms with Crippen LogP contribution in [0.15, 0.2) is 64.8 Å². The van der Waals surface area contributed by atoms with Crippen molar-refractivity contribution < 1.29 is 9.90 Å². The lowest BCUT2D eigenvalue weighted by Gasteiger charge is -2.29. The minimum atomic E-state index is -1.08. The number of nitrogens with one attached hydrogen (secondary N) is 2. The van der Waals surface area contributed by atoms with E-state index in [0.29, 0.717) is 17.3 Å². The van der Waals surface area contributed by atoms with Crippen molar-refractivity contribution >= 4 is 29.7 Å². The van der Waals surface area contributed by atoms with Gasteiger partial charge in [-0.25, -0.2) is 19.8 Å². The maximum Gasteiger partial charge on any atom is 0.324 e. The molecular weight excluding hydrogens is 394 g/mol. The molecule has 1 saturated heterocycles. The first-order chi connectivity index (χ1) is 15.0. The first kappa shape index (κ1) is 18.9. The Morgan fingerprint density at radius 3 is 2.55 bits per heavy atom. The number of hydrogen-bond acceptors (Lipinski definition) is 6. The second kappa shape index (κ2) is 6.98. The number of imidazole rings is 1. The molecule has 2 aliphatic heterocycles. The number of carbonyl (C=O) groups is 1. The van der Waals surface area contributed by atoms with E-state index in [-0.39, 0.29) is 18.3 Å². The van der Waals surface area contributed by atoms with Crippen molar-refractivity contribution in [3.63, 3.8) is 0 Å². The molecule has 0 bridgehead atoms. The molecule has 1 aromatic heterocycles. The molecule has 2 aromatic carbocycles. The highest BCUT2D eigenvalue weighted by Gasteiger charge is 2.54. The molecule has 1 fully saturated rings. The van der Waals surface area contributed by atoms with Crippen LogP contribution in [-0.2, 0) is 12.1 Å². The van der Waals surface area contributed by atoms with Crippen LogP contribution in [0, 0.1) is 0 Å². The van der Waals surface area contributed by atoms with E-state index in [1.54, 1.807) is 35.5 Å². The van der Waals surface area contributed by atoms with Crippen LogP contribution in [0.25, 0.3) is 0 Å². The Labute approximate surface area is 178 Å². The number of carbonyl (C=O) groups excluding carboxylic acids is 1. The minimum Gasteiger partial charge on any atom is -0.508 e. The summed E-state index contributed by atoms with van der Waals surface area (Å²) in [6.07, 6.45) is 3.00. The SMILES string of the molecule is CN(C)c1ccc(C23NC(=O)N(Cc4ccc(O)cc4)C2=NC=Nc2[nH]cnc23)cc1. The van der Waals surface area contributed by atoms with E-state index in [0.717, 1.165) is 16.8 Å². The molecule has 0 radical (unpaired) electrons. The molecule has 9 heteroatoms. The van der Waals surface area contributed by atoms with E-state index in [4.69, 9.17) is 0 Å². The molecule has 156 valence electrons. The number of benzene rings is 2. The summed E-state index contributed by atoms with van der Waals surface area (Å²) in [4.78, 5) is 33.3. The number of anilines is 1. The zero-order valence-corrected chi connectivity index (χ0v) is 17.1. The Hall–Kier alpha value is -4.14. The fraction of sp³-hybridized carbons (Fsp3) is 0.182. The Balaban J connectivity index is 1.64. The van der Waals surface area contributed by atoms with Crippen molar-refractivity contribution in [2.75, 3.05) is 19.0 Å². The predicted octanol–water partition coefficient (Wildman–Crippen LogP) is 2.72. The number of urea groups is 1. The van der Waals surface area contributed by atoms with Gasteiger partial charge in [0.05, 0.1) is 12.9 Å². The third kappa shape index (κ3) is 2.93. The van der Waals surface area contributed by atoms with Crippen LogP contribution < -0.4 is 10.2 Å². The fourth-order valence-corrected chi connectivity index (χ4v) is 3.99.